The number of hydrogen-bond acceptors (Lipinski definition) is 4. The van der Waals surface area contributed by atoms with Crippen LogP contribution in [0.5, 0.6) is 0 Å². The quantitative estimate of drug-likeness (QED) is 0.744. The molecule has 106 valence electrons. The molecule has 2 N–H and O–H groups in total. The molecule has 1 aliphatic carbocycles. The van der Waals surface area contributed by atoms with Crippen LogP contribution in [0.2, 0.25) is 0 Å². The zero-order valence-corrected chi connectivity index (χ0v) is 11.4. The minimum Gasteiger partial charge on any atom is -0.366 e. The molecule has 0 saturated carbocycles. The van der Waals surface area contributed by atoms with Crippen LogP contribution < -0.4 is 11.0 Å². The van der Waals surface area contributed by atoms with Gasteiger partial charge in [-0.3, -0.25) is 0 Å². The Kier molecular flexibility index (Phi) is 2.73. The van der Waals surface area contributed by atoms with Crippen molar-refractivity contribution in [1.82, 2.24) is 19.8 Å². The third-order valence-corrected chi connectivity index (χ3v) is 3.97. The first-order chi connectivity index (χ1) is 10.3. The van der Waals surface area contributed by atoms with Crippen molar-refractivity contribution >= 4 is 11.5 Å². The average Bonchev–Trinajstić information content (AvgIpc) is 2.88. The average molecular weight is 281 g/mol. The summed E-state index contributed by atoms with van der Waals surface area (Å²) >= 11 is 0. The SMILES string of the molecule is O=c1[nH]nc2ccc(NC3CCc4ccccc4C3)nn12. The highest BCUT2D eigenvalue weighted by Gasteiger charge is 2.18. The molecule has 1 unspecified atom stereocenters. The minimum absolute atomic E-state index is 0.317. The lowest BCUT2D eigenvalue weighted by Gasteiger charge is -2.25. The van der Waals surface area contributed by atoms with Gasteiger partial charge < -0.3 is 5.32 Å². The normalized spacial score (nSPS) is 17.6. The Balaban J connectivity index is 1.58. The van der Waals surface area contributed by atoms with Gasteiger partial charge in [0.05, 0.1) is 0 Å². The van der Waals surface area contributed by atoms with Gasteiger partial charge in [-0.2, -0.15) is 9.61 Å². The van der Waals surface area contributed by atoms with Crippen molar-refractivity contribution in [2.75, 3.05) is 5.32 Å². The molecule has 0 aliphatic heterocycles. The second-order valence-corrected chi connectivity index (χ2v) is 5.37. The molecule has 3 aromatic rings. The fourth-order valence-corrected chi connectivity index (χ4v) is 2.91. The fourth-order valence-electron chi connectivity index (χ4n) is 2.91. The van der Waals surface area contributed by atoms with Gasteiger partial charge in [0.1, 0.15) is 5.82 Å². The molecule has 1 aliphatic rings. The Bertz CT molecular complexity index is 850. The number of benzene rings is 1. The molecular formula is C15H15N5O. The molecule has 0 radical (unpaired) electrons. The molecule has 6 nitrogen and oxygen atoms in total. The Labute approximate surface area is 120 Å². The van der Waals surface area contributed by atoms with Crippen LogP contribution in [-0.2, 0) is 12.8 Å². The van der Waals surface area contributed by atoms with E-state index < -0.39 is 0 Å². The van der Waals surface area contributed by atoms with Gasteiger partial charge in [0.25, 0.3) is 0 Å². The van der Waals surface area contributed by atoms with Crippen LogP contribution in [0.4, 0.5) is 5.82 Å². The zero-order valence-electron chi connectivity index (χ0n) is 11.4. The number of nitrogens with one attached hydrogen (secondary N) is 2. The lowest BCUT2D eigenvalue weighted by Crippen LogP contribution is -2.28. The van der Waals surface area contributed by atoms with Crippen LogP contribution in [0.1, 0.15) is 17.5 Å². The fraction of sp³-hybridized carbons (Fsp3) is 0.267. The summed E-state index contributed by atoms with van der Waals surface area (Å²) in [6, 6.07) is 12.5. The van der Waals surface area contributed by atoms with Crippen molar-refractivity contribution in [3.8, 4) is 0 Å². The van der Waals surface area contributed by atoms with Gasteiger partial charge in [-0.15, -0.1) is 5.10 Å². The van der Waals surface area contributed by atoms with E-state index in [-0.39, 0.29) is 5.69 Å². The number of aromatic amines is 1. The lowest BCUT2D eigenvalue weighted by atomic mass is 9.88. The molecule has 2 aromatic heterocycles. The maximum absolute atomic E-state index is 11.5. The topological polar surface area (TPSA) is 75.1 Å². The van der Waals surface area contributed by atoms with Gasteiger partial charge in [0.15, 0.2) is 5.65 Å². The van der Waals surface area contributed by atoms with Gasteiger partial charge in [-0.1, -0.05) is 24.3 Å². The van der Waals surface area contributed by atoms with E-state index in [1.54, 1.807) is 6.07 Å². The standard InChI is InChI=1S/C15H15N5O/c21-15-18-17-14-8-7-13(19-20(14)15)16-12-6-5-10-3-1-2-4-11(10)9-12/h1-4,7-8,12H,5-6,9H2,(H,16,19)(H,18,21). The van der Waals surface area contributed by atoms with Crippen LogP contribution in [0.15, 0.2) is 41.2 Å². The van der Waals surface area contributed by atoms with Crippen molar-refractivity contribution in [2.45, 2.75) is 25.3 Å². The molecule has 4 rings (SSSR count). The number of nitrogens with zero attached hydrogens (tertiary/aromatic N) is 3. The molecule has 0 bridgehead atoms. The molecule has 1 atom stereocenters. The van der Waals surface area contributed by atoms with Crippen LogP contribution >= 0.6 is 0 Å². The third-order valence-electron chi connectivity index (χ3n) is 3.97. The highest BCUT2D eigenvalue weighted by molar-refractivity contribution is 5.44. The summed E-state index contributed by atoms with van der Waals surface area (Å²) in [6.45, 7) is 0. The van der Waals surface area contributed by atoms with E-state index in [9.17, 15) is 4.79 Å². The molecule has 21 heavy (non-hydrogen) atoms. The summed E-state index contributed by atoms with van der Waals surface area (Å²) in [5.41, 5.74) is 3.04. The van der Waals surface area contributed by atoms with Gasteiger partial charge in [0, 0.05) is 6.04 Å². The summed E-state index contributed by atoms with van der Waals surface area (Å²) in [6.07, 6.45) is 3.12. The first kappa shape index (κ1) is 12.1. The van der Waals surface area contributed by atoms with Gasteiger partial charge in [0.2, 0.25) is 0 Å². The van der Waals surface area contributed by atoms with Crippen LogP contribution in [0.25, 0.3) is 5.65 Å². The zero-order chi connectivity index (χ0) is 14.2. The highest BCUT2D eigenvalue weighted by Crippen LogP contribution is 2.23. The molecule has 0 spiro atoms. The Morgan fingerprint density at radius 2 is 2.05 bits per heavy atom. The van der Waals surface area contributed by atoms with Crippen molar-refractivity contribution < 1.29 is 0 Å². The monoisotopic (exact) mass is 281 g/mol. The molecular weight excluding hydrogens is 266 g/mol. The maximum Gasteiger partial charge on any atom is 0.364 e. The van der Waals surface area contributed by atoms with Gasteiger partial charge in [-0.25, -0.2) is 9.89 Å². The largest absolute Gasteiger partial charge is 0.366 e. The summed E-state index contributed by atoms with van der Waals surface area (Å²) in [5, 5.41) is 14.0. The van der Waals surface area contributed by atoms with E-state index >= 15 is 0 Å². The van der Waals surface area contributed by atoms with Crippen LogP contribution in [0, 0.1) is 0 Å². The molecule has 0 fully saturated rings. The smallest absolute Gasteiger partial charge is 0.364 e. The number of rotatable bonds is 2. The van der Waals surface area contributed by atoms with E-state index in [4.69, 9.17) is 0 Å². The van der Waals surface area contributed by atoms with Crippen molar-refractivity contribution in [2.24, 2.45) is 0 Å². The summed E-state index contributed by atoms with van der Waals surface area (Å²) in [5.74, 6) is 0.704. The van der Waals surface area contributed by atoms with Crippen molar-refractivity contribution in [3.63, 3.8) is 0 Å². The lowest BCUT2D eigenvalue weighted by molar-refractivity contribution is 0.606. The first-order valence-corrected chi connectivity index (χ1v) is 7.07. The van der Waals surface area contributed by atoms with E-state index in [1.807, 2.05) is 6.07 Å². The van der Waals surface area contributed by atoms with E-state index in [0.29, 0.717) is 17.5 Å². The number of aromatic nitrogens is 4. The molecule has 6 heteroatoms. The van der Waals surface area contributed by atoms with Crippen LogP contribution in [-0.4, -0.2) is 25.9 Å². The second kappa shape index (κ2) is 4.73. The summed E-state index contributed by atoms with van der Waals surface area (Å²) in [7, 11) is 0. The Morgan fingerprint density at radius 3 is 2.95 bits per heavy atom. The number of hydrogen-bond donors (Lipinski definition) is 2. The predicted molar refractivity (Wildman–Crippen MR) is 79.5 cm³/mol. The van der Waals surface area contributed by atoms with Gasteiger partial charge >= 0.3 is 5.69 Å². The summed E-state index contributed by atoms with van der Waals surface area (Å²) < 4.78 is 1.28. The van der Waals surface area contributed by atoms with E-state index in [0.717, 1.165) is 19.3 Å². The Hall–Kier alpha value is -2.63. The third kappa shape index (κ3) is 2.18. The maximum atomic E-state index is 11.5. The predicted octanol–water partition coefficient (Wildman–Crippen LogP) is 1.39. The minimum atomic E-state index is -0.317. The molecule has 1 aromatic carbocycles. The first-order valence-electron chi connectivity index (χ1n) is 7.07. The number of H-pyrrole nitrogens is 1. The molecule has 0 saturated heterocycles. The number of fused-ring (bicyclic) bond motifs is 2. The van der Waals surface area contributed by atoms with E-state index in [2.05, 4.69) is 44.9 Å². The van der Waals surface area contributed by atoms with Gasteiger partial charge in [-0.05, 0) is 42.5 Å². The van der Waals surface area contributed by atoms with Crippen molar-refractivity contribution in [3.05, 3.63) is 58.0 Å². The highest BCUT2D eigenvalue weighted by atomic mass is 16.2. The second-order valence-electron chi connectivity index (χ2n) is 5.37. The number of anilines is 1. The van der Waals surface area contributed by atoms with Crippen LogP contribution in [0.3, 0.4) is 0 Å². The van der Waals surface area contributed by atoms with E-state index in [1.165, 1.54) is 15.6 Å². The Morgan fingerprint density at radius 1 is 1.19 bits per heavy atom. The van der Waals surface area contributed by atoms with Crippen molar-refractivity contribution in [1.29, 1.82) is 0 Å². The summed E-state index contributed by atoms with van der Waals surface area (Å²) in [4.78, 5) is 11.5. The molecule has 0 amide bonds. The molecule has 2 heterocycles. The number of aryl methyl sites for hydroxylation is 1.